The van der Waals surface area contributed by atoms with Gasteiger partial charge in [-0.2, -0.15) is 0 Å². The van der Waals surface area contributed by atoms with E-state index in [1.165, 1.54) is 0 Å². The summed E-state index contributed by atoms with van der Waals surface area (Å²) in [6, 6.07) is 9.93. The minimum Gasteiger partial charge on any atom is -0.457 e. The number of aliphatic hydroxyl groups is 1. The van der Waals surface area contributed by atoms with Crippen LogP contribution in [0.5, 0.6) is 0 Å². The number of aliphatic hydroxyl groups excluding tert-OH is 1. The average Bonchev–Trinajstić information content (AvgIpc) is 2.52. The van der Waals surface area contributed by atoms with Crippen molar-refractivity contribution in [2.45, 2.75) is 33.5 Å². The van der Waals surface area contributed by atoms with E-state index in [0.29, 0.717) is 6.42 Å². The highest BCUT2D eigenvalue weighted by molar-refractivity contribution is 7.58. The maximum atomic E-state index is 12.8. The summed E-state index contributed by atoms with van der Waals surface area (Å²) in [7, 11) is -3.50. The normalized spacial score (nSPS) is 24.9. The molecule has 1 aliphatic heterocycles. The number of benzene rings is 1. The van der Waals surface area contributed by atoms with Crippen LogP contribution in [-0.4, -0.2) is 24.6 Å². The van der Waals surface area contributed by atoms with Crippen LogP contribution >= 0.6 is 7.60 Å². The molecule has 1 aromatic rings. The molecule has 23 heavy (non-hydrogen) atoms. The summed E-state index contributed by atoms with van der Waals surface area (Å²) < 4.78 is 28.9. The molecule has 1 unspecified atom stereocenters. The van der Waals surface area contributed by atoms with Crippen LogP contribution in [0.3, 0.4) is 0 Å². The first-order valence-electron chi connectivity index (χ1n) is 8.00. The predicted octanol–water partition coefficient (Wildman–Crippen LogP) is 3.94. The van der Waals surface area contributed by atoms with Crippen molar-refractivity contribution in [1.82, 2.24) is 0 Å². The highest BCUT2D eigenvalue weighted by Crippen LogP contribution is 2.58. The van der Waals surface area contributed by atoms with E-state index in [1.54, 1.807) is 19.9 Å². The first-order valence-corrected chi connectivity index (χ1v) is 9.54. The van der Waals surface area contributed by atoms with Crippen molar-refractivity contribution in [3.63, 3.8) is 0 Å². The third-order valence-electron chi connectivity index (χ3n) is 3.87. The van der Waals surface area contributed by atoms with Crippen molar-refractivity contribution in [2.75, 3.05) is 13.2 Å². The first kappa shape index (κ1) is 18.2. The molecule has 0 spiro atoms. The van der Waals surface area contributed by atoms with Crippen LogP contribution in [0.15, 0.2) is 41.9 Å². The monoisotopic (exact) mass is 340 g/mol. The van der Waals surface area contributed by atoms with Gasteiger partial charge < -0.3 is 18.9 Å². The van der Waals surface area contributed by atoms with Gasteiger partial charge in [0, 0.05) is 5.92 Å². The molecule has 3 atom stereocenters. The second kappa shape index (κ2) is 8.11. The van der Waals surface area contributed by atoms with Gasteiger partial charge in [-0.3, -0.25) is 4.57 Å². The molecular weight excluding hydrogens is 315 g/mol. The minimum absolute atomic E-state index is 0.0109. The molecule has 0 amide bonds. The zero-order chi connectivity index (χ0) is 16.9. The molecule has 1 aromatic carbocycles. The molecular formula is C17H25O5P. The quantitative estimate of drug-likeness (QED) is 0.762. The molecule has 1 heterocycles. The average molecular weight is 340 g/mol. The van der Waals surface area contributed by atoms with Crippen molar-refractivity contribution >= 4 is 7.60 Å². The van der Waals surface area contributed by atoms with Gasteiger partial charge in [0.05, 0.1) is 13.2 Å². The lowest BCUT2D eigenvalue weighted by atomic mass is 9.86. The lowest BCUT2D eigenvalue weighted by Gasteiger charge is -2.34. The molecule has 128 valence electrons. The van der Waals surface area contributed by atoms with E-state index < -0.39 is 13.9 Å². The van der Waals surface area contributed by atoms with Crippen LogP contribution in [0.1, 0.15) is 26.3 Å². The Kier molecular flexibility index (Phi) is 6.42. The number of allylic oxidation sites excluding steroid dienone is 1. The SMILES string of the molecule is CCOP(=O)(OCC)C1=C[C@H](C)[C@@H](Cc2ccccc2)C(O)O1. The van der Waals surface area contributed by atoms with Crippen molar-refractivity contribution in [1.29, 1.82) is 0 Å². The van der Waals surface area contributed by atoms with Crippen molar-refractivity contribution in [3.05, 3.63) is 47.5 Å². The minimum atomic E-state index is -3.50. The van der Waals surface area contributed by atoms with Gasteiger partial charge >= 0.3 is 7.60 Å². The first-order chi connectivity index (χ1) is 11.0. The number of ether oxygens (including phenoxy) is 1. The van der Waals surface area contributed by atoms with Crippen molar-refractivity contribution in [3.8, 4) is 0 Å². The smallest absolute Gasteiger partial charge is 0.395 e. The number of hydrogen-bond donors (Lipinski definition) is 1. The van der Waals surface area contributed by atoms with Crippen LogP contribution in [0.2, 0.25) is 0 Å². The number of hydrogen-bond acceptors (Lipinski definition) is 5. The summed E-state index contributed by atoms with van der Waals surface area (Å²) >= 11 is 0. The Morgan fingerprint density at radius 3 is 2.30 bits per heavy atom. The second-order valence-corrected chi connectivity index (χ2v) is 7.51. The van der Waals surface area contributed by atoms with Gasteiger partial charge in [0.1, 0.15) is 0 Å². The molecule has 0 radical (unpaired) electrons. The summed E-state index contributed by atoms with van der Waals surface area (Å²) in [5.41, 5.74) is 1.24. The Hall–Kier alpha value is -1.13. The maximum Gasteiger partial charge on any atom is 0.395 e. The topological polar surface area (TPSA) is 65.0 Å². The molecule has 0 saturated heterocycles. The van der Waals surface area contributed by atoms with Gasteiger partial charge in [0.15, 0.2) is 0 Å². The second-order valence-electron chi connectivity index (χ2n) is 5.56. The molecule has 0 aliphatic carbocycles. The van der Waals surface area contributed by atoms with Gasteiger partial charge in [-0.05, 0) is 37.8 Å². The summed E-state index contributed by atoms with van der Waals surface area (Å²) in [5, 5.41) is 10.4. The Morgan fingerprint density at radius 1 is 1.17 bits per heavy atom. The summed E-state index contributed by atoms with van der Waals surface area (Å²) in [6.45, 7) is 5.95. The fraction of sp³-hybridized carbons (Fsp3) is 0.529. The van der Waals surface area contributed by atoms with Crippen LogP contribution in [-0.2, 0) is 24.8 Å². The Balaban J connectivity index is 2.18. The standard InChI is InChI=1S/C17H25O5P/c1-4-20-23(19,21-5-2)16-11-13(3)15(17(18)22-16)12-14-9-7-6-8-10-14/h6-11,13,15,17-18H,4-5,12H2,1-3H3/t13-,15+,17?/m0/s1. The van der Waals surface area contributed by atoms with Gasteiger partial charge in [-0.1, -0.05) is 37.3 Å². The molecule has 6 heteroatoms. The molecule has 0 fully saturated rings. The van der Waals surface area contributed by atoms with Crippen LogP contribution in [0, 0.1) is 11.8 Å². The zero-order valence-electron chi connectivity index (χ0n) is 13.8. The predicted molar refractivity (Wildman–Crippen MR) is 88.8 cm³/mol. The zero-order valence-corrected chi connectivity index (χ0v) is 14.7. The molecule has 0 bridgehead atoms. The fourth-order valence-corrected chi connectivity index (χ4v) is 4.36. The fourth-order valence-electron chi connectivity index (χ4n) is 2.69. The van der Waals surface area contributed by atoms with Crippen LogP contribution in [0.4, 0.5) is 0 Å². The van der Waals surface area contributed by atoms with E-state index in [1.807, 2.05) is 37.3 Å². The molecule has 0 saturated carbocycles. The summed E-state index contributed by atoms with van der Waals surface area (Å²) in [5.74, 6) is -0.124. The van der Waals surface area contributed by atoms with E-state index in [4.69, 9.17) is 13.8 Å². The van der Waals surface area contributed by atoms with Gasteiger partial charge in [-0.15, -0.1) is 0 Å². The van der Waals surface area contributed by atoms with Crippen molar-refractivity contribution in [2.24, 2.45) is 11.8 Å². The van der Waals surface area contributed by atoms with E-state index in [9.17, 15) is 9.67 Å². The highest BCUT2D eigenvalue weighted by atomic mass is 31.2. The molecule has 1 aliphatic rings. The Labute approximate surface area is 137 Å². The third-order valence-corrected chi connectivity index (χ3v) is 5.86. The molecule has 5 nitrogen and oxygen atoms in total. The van der Waals surface area contributed by atoms with E-state index in [2.05, 4.69) is 0 Å². The van der Waals surface area contributed by atoms with Gasteiger partial charge in [0.2, 0.25) is 11.8 Å². The largest absolute Gasteiger partial charge is 0.457 e. The van der Waals surface area contributed by atoms with E-state index >= 15 is 0 Å². The maximum absolute atomic E-state index is 12.8. The molecule has 1 N–H and O–H groups in total. The van der Waals surface area contributed by atoms with Gasteiger partial charge in [-0.25, -0.2) is 0 Å². The highest BCUT2D eigenvalue weighted by Gasteiger charge is 2.40. The molecule has 0 aromatic heterocycles. The lowest BCUT2D eigenvalue weighted by Crippen LogP contribution is -2.34. The summed E-state index contributed by atoms with van der Waals surface area (Å²) in [4.78, 5) is 0. The van der Waals surface area contributed by atoms with Crippen LogP contribution in [0.25, 0.3) is 0 Å². The van der Waals surface area contributed by atoms with Gasteiger partial charge in [0.25, 0.3) is 0 Å². The van der Waals surface area contributed by atoms with Crippen molar-refractivity contribution < 1.29 is 23.5 Å². The summed E-state index contributed by atoms with van der Waals surface area (Å²) in [6.07, 6.45) is 1.40. The Morgan fingerprint density at radius 2 is 1.78 bits per heavy atom. The van der Waals surface area contributed by atoms with E-state index in [0.717, 1.165) is 5.56 Å². The van der Waals surface area contributed by atoms with Crippen LogP contribution < -0.4 is 0 Å². The lowest BCUT2D eigenvalue weighted by molar-refractivity contribution is -0.120. The molecule has 2 rings (SSSR count). The third kappa shape index (κ3) is 4.45. The van der Waals surface area contributed by atoms with E-state index in [-0.39, 0.29) is 30.5 Å². The Bertz CT molecular complexity index is 562. The number of rotatable bonds is 7.